The summed E-state index contributed by atoms with van der Waals surface area (Å²) in [6.45, 7) is 2.33. The van der Waals surface area contributed by atoms with Crippen LogP contribution in [0, 0.1) is 6.92 Å². The number of aryl methyl sites for hydroxylation is 1. The lowest BCUT2D eigenvalue weighted by atomic mass is 10.1. The second-order valence-electron chi connectivity index (χ2n) is 6.27. The van der Waals surface area contributed by atoms with Gasteiger partial charge in [-0.3, -0.25) is 14.3 Å². The number of benzene rings is 1. The van der Waals surface area contributed by atoms with Gasteiger partial charge in [0.25, 0.3) is 5.56 Å². The number of rotatable bonds is 3. The highest BCUT2D eigenvalue weighted by atomic mass is 32.1. The summed E-state index contributed by atoms with van der Waals surface area (Å²) in [6, 6.07) is 13.6. The van der Waals surface area contributed by atoms with Gasteiger partial charge in [0.15, 0.2) is 5.52 Å². The van der Waals surface area contributed by atoms with Gasteiger partial charge in [-0.2, -0.15) is 4.37 Å². The highest BCUT2D eigenvalue weighted by molar-refractivity contribution is 7.08. The molecule has 0 fully saturated rings. The van der Waals surface area contributed by atoms with Crippen LogP contribution < -0.4 is 5.56 Å². The zero-order valence-corrected chi connectivity index (χ0v) is 15.2. The Morgan fingerprint density at radius 3 is 2.89 bits per heavy atom. The van der Waals surface area contributed by atoms with Gasteiger partial charge < -0.3 is 0 Å². The average molecular weight is 374 g/mol. The van der Waals surface area contributed by atoms with Crippen molar-refractivity contribution < 1.29 is 0 Å². The van der Waals surface area contributed by atoms with Gasteiger partial charge in [-0.05, 0) is 42.2 Å². The molecule has 0 aliphatic carbocycles. The monoisotopic (exact) mass is 374 g/mol. The Labute approximate surface area is 157 Å². The van der Waals surface area contributed by atoms with Gasteiger partial charge in [0.1, 0.15) is 10.5 Å². The first-order chi connectivity index (χ1) is 13.2. The highest BCUT2D eigenvalue weighted by Crippen LogP contribution is 2.19. The smallest absolute Gasteiger partial charge is 0.272 e. The molecule has 4 heterocycles. The summed E-state index contributed by atoms with van der Waals surface area (Å²) in [6.07, 6.45) is 3.49. The zero-order chi connectivity index (χ0) is 18.4. The predicted molar refractivity (Wildman–Crippen MR) is 104 cm³/mol. The molecule has 0 amide bonds. The molecule has 0 radical (unpaired) electrons. The molecule has 0 saturated carbocycles. The fraction of sp³-hybridized carbons (Fsp3) is 0.105. The van der Waals surface area contributed by atoms with E-state index in [2.05, 4.69) is 19.7 Å². The average Bonchev–Trinajstić information content (AvgIpc) is 3.29. The molecule has 132 valence electrons. The van der Waals surface area contributed by atoms with Gasteiger partial charge in [0.05, 0.1) is 17.8 Å². The van der Waals surface area contributed by atoms with E-state index in [1.807, 2.05) is 43.3 Å². The third-order valence-corrected chi connectivity index (χ3v) is 5.33. The Hall–Kier alpha value is -3.39. The van der Waals surface area contributed by atoms with Crippen molar-refractivity contribution in [1.29, 1.82) is 0 Å². The lowest BCUT2D eigenvalue weighted by Crippen LogP contribution is -2.20. The van der Waals surface area contributed by atoms with Crippen molar-refractivity contribution in [3.63, 3.8) is 0 Å². The lowest BCUT2D eigenvalue weighted by Gasteiger charge is -2.07. The number of aromatic nitrogens is 6. The first-order valence-corrected chi connectivity index (χ1v) is 9.19. The summed E-state index contributed by atoms with van der Waals surface area (Å²) < 4.78 is 7.50. The molecule has 0 aliphatic heterocycles. The van der Waals surface area contributed by atoms with Crippen molar-refractivity contribution >= 4 is 33.5 Å². The first kappa shape index (κ1) is 15.8. The molecule has 0 unspecified atom stereocenters. The maximum Gasteiger partial charge on any atom is 0.283 e. The van der Waals surface area contributed by atoms with Crippen LogP contribution in [0.3, 0.4) is 0 Å². The standard InChI is InChI=1S/C19H14N6OS/c1-12-10-16(27-22-12)24-9-7-15-18(19(24)26)25(23-21-15)11-14-5-2-4-13-6-3-8-20-17(13)14/h2-10H,11H2,1H3. The maximum absolute atomic E-state index is 13.1. The molecule has 27 heavy (non-hydrogen) atoms. The number of fused-ring (bicyclic) bond motifs is 2. The van der Waals surface area contributed by atoms with E-state index < -0.39 is 0 Å². The number of hydrogen-bond donors (Lipinski definition) is 0. The largest absolute Gasteiger partial charge is 0.283 e. The molecule has 0 aliphatic rings. The fourth-order valence-corrected chi connectivity index (χ4v) is 3.94. The van der Waals surface area contributed by atoms with E-state index in [4.69, 9.17) is 0 Å². The van der Waals surface area contributed by atoms with E-state index >= 15 is 0 Å². The summed E-state index contributed by atoms with van der Waals surface area (Å²) in [4.78, 5) is 17.6. The quantitative estimate of drug-likeness (QED) is 0.485. The second kappa shape index (κ2) is 6.10. The van der Waals surface area contributed by atoms with Crippen LogP contribution in [0.15, 0.2) is 59.7 Å². The molecule has 5 aromatic rings. The van der Waals surface area contributed by atoms with Crippen LogP contribution in [0.4, 0.5) is 0 Å². The Kier molecular flexibility index (Phi) is 3.58. The Morgan fingerprint density at radius 2 is 2.04 bits per heavy atom. The van der Waals surface area contributed by atoms with Crippen LogP contribution in [0.25, 0.3) is 26.9 Å². The van der Waals surface area contributed by atoms with Crippen molar-refractivity contribution in [2.75, 3.05) is 0 Å². The number of hydrogen-bond acceptors (Lipinski definition) is 6. The van der Waals surface area contributed by atoms with Gasteiger partial charge in [0.2, 0.25) is 0 Å². The first-order valence-electron chi connectivity index (χ1n) is 8.42. The van der Waals surface area contributed by atoms with E-state index in [1.165, 1.54) is 11.5 Å². The van der Waals surface area contributed by atoms with E-state index in [9.17, 15) is 4.79 Å². The van der Waals surface area contributed by atoms with Gasteiger partial charge in [0, 0.05) is 17.8 Å². The third-order valence-electron chi connectivity index (χ3n) is 4.45. The van der Waals surface area contributed by atoms with Crippen molar-refractivity contribution in [3.8, 4) is 5.00 Å². The number of para-hydroxylation sites is 1. The molecule has 0 spiro atoms. The Bertz CT molecular complexity index is 1340. The molecule has 8 heteroatoms. The van der Waals surface area contributed by atoms with Crippen molar-refractivity contribution in [2.45, 2.75) is 13.5 Å². The van der Waals surface area contributed by atoms with E-state index in [0.29, 0.717) is 17.6 Å². The van der Waals surface area contributed by atoms with Crippen molar-refractivity contribution in [1.82, 2.24) is 28.9 Å². The summed E-state index contributed by atoms with van der Waals surface area (Å²) >= 11 is 1.29. The summed E-state index contributed by atoms with van der Waals surface area (Å²) in [7, 11) is 0. The summed E-state index contributed by atoms with van der Waals surface area (Å²) in [5.41, 5.74) is 3.66. The lowest BCUT2D eigenvalue weighted by molar-refractivity contribution is 0.668. The SMILES string of the molecule is Cc1cc(-n2ccc3nnn(Cc4cccc5cccnc45)c3c2=O)sn1. The van der Waals surface area contributed by atoms with Crippen molar-refractivity contribution in [2.24, 2.45) is 0 Å². The molecule has 4 aromatic heterocycles. The minimum atomic E-state index is -0.158. The summed E-state index contributed by atoms with van der Waals surface area (Å²) in [5.74, 6) is 0. The molecular weight excluding hydrogens is 360 g/mol. The topological polar surface area (TPSA) is 78.5 Å². The van der Waals surface area contributed by atoms with Gasteiger partial charge in [-0.1, -0.05) is 29.5 Å². The third kappa shape index (κ3) is 2.61. The van der Waals surface area contributed by atoms with Crippen LogP contribution in [0.1, 0.15) is 11.3 Å². The van der Waals surface area contributed by atoms with Crippen LogP contribution in [-0.2, 0) is 6.54 Å². The molecule has 0 N–H and O–H groups in total. The molecule has 5 rings (SSSR count). The molecular formula is C19H14N6OS. The predicted octanol–water partition coefficient (Wildman–Crippen LogP) is 2.94. The van der Waals surface area contributed by atoms with E-state index in [-0.39, 0.29) is 5.56 Å². The zero-order valence-electron chi connectivity index (χ0n) is 14.4. The van der Waals surface area contributed by atoms with Gasteiger partial charge in [-0.25, -0.2) is 4.68 Å². The van der Waals surface area contributed by atoms with E-state index in [0.717, 1.165) is 27.2 Å². The van der Waals surface area contributed by atoms with Crippen LogP contribution in [0.2, 0.25) is 0 Å². The van der Waals surface area contributed by atoms with Gasteiger partial charge in [-0.15, -0.1) is 5.10 Å². The molecule has 7 nitrogen and oxygen atoms in total. The number of nitrogens with zero attached hydrogens (tertiary/aromatic N) is 6. The van der Waals surface area contributed by atoms with Crippen molar-refractivity contribution in [3.05, 3.63) is 76.5 Å². The Balaban J connectivity index is 1.67. The normalized spacial score (nSPS) is 11.4. The molecule has 0 bridgehead atoms. The highest BCUT2D eigenvalue weighted by Gasteiger charge is 2.14. The van der Waals surface area contributed by atoms with Crippen LogP contribution in [-0.4, -0.2) is 28.9 Å². The minimum Gasteiger partial charge on any atom is -0.272 e. The van der Waals surface area contributed by atoms with Crippen LogP contribution >= 0.6 is 11.5 Å². The second-order valence-corrected chi connectivity index (χ2v) is 7.05. The minimum absolute atomic E-state index is 0.158. The van der Waals surface area contributed by atoms with Crippen LogP contribution in [0.5, 0.6) is 0 Å². The number of pyridine rings is 2. The maximum atomic E-state index is 13.1. The summed E-state index contributed by atoms with van der Waals surface area (Å²) in [5, 5.41) is 10.2. The van der Waals surface area contributed by atoms with E-state index in [1.54, 1.807) is 27.7 Å². The molecule has 0 atom stereocenters. The molecule has 0 saturated heterocycles. The molecule has 1 aromatic carbocycles. The van der Waals surface area contributed by atoms with Gasteiger partial charge >= 0.3 is 0 Å². The fourth-order valence-electron chi connectivity index (χ4n) is 3.19. The Morgan fingerprint density at radius 1 is 1.15 bits per heavy atom.